The molecule has 273 valence electrons. The third-order valence-electron chi connectivity index (χ3n) is 5.11. The molecule has 2 aromatic heterocycles. The van der Waals surface area contributed by atoms with Crippen molar-refractivity contribution in [2.45, 2.75) is 13.8 Å². The Hall–Kier alpha value is -4.36. The van der Waals surface area contributed by atoms with Gasteiger partial charge in [0, 0.05) is 12.1 Å². The molecule has 0 fully saturated rings. The molecule has 13 nitrogen and oxygen atoms in total. The minimum absolute atomic E-state index is 0. The predicted octanol–water partition coefficient (Wildman–Crippen LogP) is 4.48. The van der Waals surface area contributed by atoms with E-state index in [1.807, 2.05) is 0 Å². The third kappa shape index (κ3) is 29.1. The largest absolute Gasteiger partial charge is 3.00 e. The van der Waals surface area contributed by atoms with Gasteiger partial charge in [-0.3, -0.25) is 9.59 Å². The Balaban J connectivity index is -0.0000000870. The number of aryl methyl sites for hydroxylation is 2. The standard InChI is InChI=1S/C18H15P.2C6H6O3.7CO.3Ru/c1-4-10-16(11-5-1)19(17-12-6-2-7-13-17)18-14-8-3-9-15-18;2*1-4-6(8)5(7)2-3-9-4;7*1-2;;;/h1-15H;2*2-3,8H,1H3;;;;;;;;;;/q;;;;;;;;;;3*+3. The fourth-order valence-electron chi connectivity index (χ4n) is 3.19. The summed E-state index contributed by atoms with van der Waals surface area (Å²) in [5, 5.41) is 21.8. The molecule has 17 heteroatoms. The summed E-state index contributed by atoms with van der Waals surface area (Å²) in [6, 6.07) is 34.7. The Bertz CT molecular complexity index is 1640. The van der Waals surface area contributed by atoms with E-state index >= 15 is 0 Å². The molecule has 3 radical (unpaired) electrons. The van der Waals surface area contributed by atoms with E-state index in [0.29, 0.717) is 0 Å². The van der Waals surface area contributed by atoms with Crippen LogP contribution in [0.3, 0.4) is 0 Å². The maximum Gasteiger partial charge on any atom is 3.00 e. The Morgan fingerprint density at radius 1 is 0.426 bits per heavy atom. The van der Waals surface area contributed by atoms with Crippen LogP contribution < -0.4 is 26.8 Å². The number of hydrogen-bond acceptors (Lipinski definition) is 6. The molecule has 0 amide bonds. The summed E-state index contributed by atoms with van der Waals surface area (Å²) >= 11 is 0. The van der Waals surface area contributed by atoms with E-state index in [-0.39, 0.29) is 81.5 Å². The molecular weight excluding hydrogens is 987 g/mol. The molecule has 2 heterocycles. The van der Waals surface area contributed by atoms with Crippen LogP contribution in [-0.2, 0) is 91.0 Å². The van der Waals surface area contributed by atoms with Crippen molar-refractivity contribution in [3.05, 3.63) is 194 Å². The smallest absolute Gasteiger partial charge is 0.0622 e. The fraction of sp³-hybridized carbons (Fsp3) is 0.0541. The molecule has 3 aromatic carbocycles. The Morgan fingerprint density at radius 2 is 0.630 bits per heavy atom. The van der Waals surface area contributed by atoms with Crippen molar-refractivity contribution in [2.24, 2.45) is 0 Å². The molecule has 0 atom stereocenters. The van der Waals surface area contributed by atoms with Crippen LogP contribution in [0, 0.1) is 60.4 Å². The van der Waals surface area contributed by atoms with Gasteiger partial charge in [0.2, 0.25) is 22.4 Å². The Kier molecular flexibility index (Phi) is 63.7. The molecule has 5 rings (SSSR count). The van der Waals surface area contributed by atoms with Crippen molar-refractivity contribution in [3.63, 3.8) is 0 Å². The summed E-state index contributed by atoms with van der Waals surface area (Å²) in [4.78, 5) is 21.1. The summed E-state index contributed by atoms with van der Waals surface area (Å²) in [6.45, 7) is 34.5. The van der Waals surface area contributed by atoms with Crippen LogP contribution in [0.5, 0.6) is 11.5 Å². The van der Waals surface area contributed by atoms with Crippen molar-refractivity contribution in [1.29, 1.82) is 0 Å². The first-order chi connectivity index (χ1) is 24.9. The average Bonchev–Trinajstić information content (AvgIpc) is 3.23. The molecule has 0 aliphatic heterocycles. The number of rotatable bonds is 3. The molecular formula is C37H27O13PRu3+9. The van der Waals surface area contributed by atoms with Crippen LogP contribution in [0.4, 0.5) is 0 Å². The summed E-state index contributed by atoms with van der Waals surface area (Å²) in [5.74, 6) is -0.111. The zero-order valence-electron chi connectivity index (χ0n) is 27.9. The molecule has 0 saturated carbocycles. The van der Waals surface area contributed by atoms with Gasteiger partial charge in [-0.05, 0) is 37.7 Å². The van der Waals surface area contributed by atoms with E-state index in [4.69, 9.17) is 42.8 Å². The Labute approximate surface area is 351 Å². The molecule has 0 unspecified atom stereocenters. The molecule has 2 N–H and O–H groups in total. The van der Waals surface area contributed by atoms with Gasteiger partial charge in [0.25, 0.3) is 0 Å². The van der Waals surface area contributed by atoms with E-state index in [9.17, 15) is 9.59 Å². The van der Waals surface area contributed by atoms with Crippen LogP contribution in [0.1, 0.15) is 11.5 Å². The first-order valence-electron chi connectivity index (χ1n) is 12.8. The Morgan fingerprint density at radius 3 is 0.796 bits per heavy atom. The second-order valence-corrected chi connectivity index (χ2v) is 9.94. The van der Waals surface area contributed by atoms with E-state index in [2.05, 4.69) is 146 Å². The maximum atomic E-state index is 10.5. The molecule has 0 bridgehead atoms. The molecule has 0 aliphatic carbocycles. The van der Waals surface area contributed by atoms with Gasteiger partial charge in [-0.25, -0.2) is 0 Å². The van der Waals surface area contributed by atoms with Crippen LogP contribution >= 0.6 is 7.92 Å². The van der Waals surface area contributed by atoms with Crippen molar-refractivity contribution >= 4 is 23.8 Å². The van der Waals surface area contributed by atoms with Gasteiger partial charge in [-0.1, -0.05) is 91.0 Å². The fourth-order valence-corrected chi connectivity index (χ4v) is 5.50. The summed E-state index contributed by atoms with van der Waals surface area (Å²) < 4.78 is 61.9. The SMILES string of the molecule is Cc1occc(=O)c1O.Cc1occc(=O)c1O.[C-]#[O+].[C-]#[O+].[C-]#[O+].[C-]#[O+].[C-]#[O+].[C-]#[O+].[C-]#[O+].[Ru+3].[Ru+3].[Ru+3].c1ccc(P(c2ccccc2)c2ccccc2)cc1. The van der Waals surface area contributed by atoms with Crippen LogP contribution in [-0.4, -0.2) is 10.2 Å². The van der Waals surface area contributed by atoms with E-state index < -0.39 is 18.8 Å². The zero-order chi connectivity index (χ0) is 40.6. The molecule has 0 spiro atoms. The number of hydrogen-bond donors (Lipinski definition) is 2. The van der Waals surface area contributed by atoms with Gasteiger partial charge in [0.1, 0.15) is 11.5 Å². The van der Waals surface area contributed by atoms with Crippen LogP contribution in [0.2, 0.25) is 0 Å². The quantitative estimate of drug-likeness (QED) is 0.114. The topological polar surface area (TPSA) is 240 Å². The third-order valence-corrected chi connectivity index (χ3v) is 7.55. The predicted molar refractivity (Wildman–Crippen MR) is 175 cm³/mol. The van der Waals surface area contributed by atoms with Gasteiger partial charge in [0.15, 0.2) is 0 Å². The molecule has 54 heavy (non-hydrogen) atoms. The monoisotopic (exact) mass is 1020 g/mol. The molecule has 5 aromatic rings. The minimum atomic E-state index is -0.446. The second kappa shape index (κ2) is 50.7. The molecule has 0 aliphatic rings. The van der Waals surface area contributed by atoms with Crippen molar-refractivity contribution in [1.82, 2.24) is 0 Å². The van der Waals surface area contributed by atoms with Gasteiger partial charge >= 0.3 is 138 Å². The van der Waals surface area contributed by atoms with Crippen molar-refractivity contribution in [3.8, 4) is 11.5 Å². The van der Waals surface area contributed by atoms with Crippen molar-refractivity contribution in [2.75, 3.05) is 0 Å². The maximum absolute atomic E-state index is 10.5. The van der Waals surface area contributed by atoms with Crippen molar-refractivity contribution < 1.29 is 110 Å². The minimum Gasteiger partial charge on any atom is -0.0622 e. The number of benzene rings is 3. The second-order valence-electron chi connectivity index (χ2n) is 7.72. The van der Waals surface area contributed by atoms with Gasteiger partial charge in [0.05, 0.1) is 12.5 Å². The van der Waals surface area contributed by atoms with Gasteiger partial charge in [-0.2, -0.15) is 0 Å². The first kappa shape index (κ1) is 67.7. The summed E-state index contributed by atoms with van der Waals surface area (Å²) in [6.07, 6.45) is 2.49. The van der Waals surface area contributed by atoms with Crippen LogP contribution in [0.25, 0.3) is 0 Å². The van der Waals surface area contributed by atoms with Gasteiger partial charge < -0.3 is 19.0 Å². The number of aromatic hydroxyl groups is 2. The van der Waals surface area contributed by atoms with E-state index in [1.165, 1.54) is 54.4 Å². The van der Waals surface area contributed by atoms with E-state index in [1.54, 1.807) is 0 Å². The first-order valence-corrected chi connectivity index (χ1v) is 14.2. The van der Waals surface area contributed by atoms with Gasteiger partial charge in [-0.15, -0.1) is 0 Å². The average molecular weight is 1010 g/mol. The van der Waals surface area contributed by atoms with Crippen LogP contribution in [0.15, 0.2) is 134 Å². The summed E-state index contributed by atoms with van der Waals surface area (Å²) in [5.41, 5.74) is -0.808. The zero-order valence-corrected chi connectivity index (χ0v) is 34.0. The van der Waals surface area contributed by atoms with E-state index in [0.717, 1.165) is 0 Å². The normalized spacial score (nSPS) is 7.13. The summed E-state index contributed by atoms with van der Waals surface area (Å²) in [7, 11) is -0.446. The molecule has 0 saturated heterocycles.